The molecule has 5 nitrogen and oxygen atoms in total. The Labute approximate surface area is 224 Å². The minimum absolute atomic E-state index is 0.102. The number of nitrogens with one attached hydrogen (secondary N) is 1. The molecule has 3 aromatic carbocycles. The number of carbonyl (C=O) groups excluding carboxylic acids is 2. The van der Waals surface area contributed by atoms with Crippen LogP contribution < -0.4 is 10.1 Å². The molecule has 1 aliphatic carbocycles. The molecule has 1 heterocycles. The van der Waals surface area contributed by atoms with Gasteiger partial charge in [0.15, 0.2) is 6.10 Å². The number of hydrogen-bond acceptors (Lipinski definition) is 3. The zero-order valence-corrected chi connectivity index (χ0v) is 22.1. The number of nitrogens with zero attached hydrogens (tertiary/aromatic N) is 1. The lowest BCUT2D eigenvalue weighted by molar-refractivity contribution is -0.137. The van der Waals surface area contributed by atoms with E-state index in [4.69, 9.17) is 4.74 Å². The van der Waals surface area contributed by atoms with E-state index < -0.39 is 6.10 Å². The Morgan fingerprint density at radius 2 is 1.84 bits per heavy atom. The summed E-state index contributed by atoms with van der Waals surface area (Å²) < 4.78 is 19.5. The fourth-order valence-corrected chi connectivity index (χ4v) is 5.75. The number of fused-ring (bicyclic) bond motifs is 1. The molecule has 1 aliphatic heterocycles. The predicted octanol–water partition coefficient (Wildman–Crippen LogP) is 5.88. The number of hydrogen-bond donors (Lipinski definition) is 1. The highest BCUT2D eigenvalue weighted by atomic mass is 19.1. The molecule has 2 aliphatic rings. The van der Waals surface area contributed by atoms with Gasteiger partial charge in [-0.25, -0.2) is 4.39 Å². The van der Waals surface area contributed by atoms with Crippen LogP contribution in [0.15, 0.2) is 66.7 Å². The van der Waals surface area contributed by atoms with E-state index >= 15 is 0 Å². The van der Waals surface area contributed by atoms with Crippen molar-refractivity contribution in [3.63, 3.8) is 0 Å². The van der Waals surface area contributed by atoms with Crippen molar-refractivity contribution in [1.29, 1.82) is 0 Å². The molecule has 0 aromatic heterocycles. The first-order valence-corrected chi connectivity index (χ1v) is 13.6. The summed E-state index contributed by atoms with van der Waals surface area (Å²) in [5.74, 6) is 0.324. The third kappa shape index (κ3) is 5.74. The van der Waals surface area contributed by atoms with E-state index in [0.29, 0.717) is 17.9 Å². The zero-order chi connectivity index (χ0) is 26.6. The minimum Gasteiger partial charge on any atom is -0.481 e. The molecule has 0 unspecified atom stereocenters. The monoisotopic (exact) mass is 514 g/mol. The molecule has 0 bridgehead atoms. The third-order valence-electron chi connectivity index (χ3n) is 7.73. The summed E-state index contributed by atoms with van der Waals surface area (Å²) in [6.07, 6.45) is 4.22. The second-order valence-electron chi connectivity index (χ2n) is 10.5. The standard InChI is InChI=1S/C32H35FN2O3/c1-21-7-5-11-26(17-21)30-29-19-28(38-22(2)31(36)34-20-23-8-6-12-27(33)18-23)14-13-24(29)15-16-35(30)32(37)25-9-3-4-10-25/h5-8,11-14,17-19,22,25,30H,3-4,9-10,15-16,20H2,1-2H3,(H,34,36)/t22-,30-/m0/s1. The first kappa shape index (κ1) is 26.0. The van der Waals surface area contributed by atoms with Gasteiger partial charge in [-0.15, -0.1) is 0 Å². The van der Waals surface area contributed by atoms with Crippen molar-refractivity contribution >= 4 is 11.8 Å². The Kier molecular flexibility index (Phi) is 7.77. The van der Waals surface area contributed by atoms with E-state index in [9.17, 15) is 14.0 Å². The second-order valence-corrected chi connectivity index (χ2v) is 10.5. The van der Waals surface area contributed by atoms with Crippen molar-refractivity contribution in [2.75, 3.05) is 6.54 Å². The summed E-state index contributed by atoms with van der Waals surface area (Å²) in [5, 5.41) is 2.82. The fraction of sp³-hybridized carbons (Fsp3) is 0.375. The lowest BCUT2D eigenvalue weighted by Gasteiger charge is -2.39. The lowest BCUT2D eigenvalue weighted by atomic mass is 9.86. The van der Waals surface area contributed by atoms with Gasteiger partial charge in [0.1, 0.15) is 11.6 Å². The van der Waals surface area contributed by atoms with Crippen LogP contribution in [0.25, 0.3) is 0 Å². The van der Waals surface area contributed by atoms with E-state index in [1.807, 2.05) is 18.2 Å². The van der Waals surface area contributed by atoms with Crippen molar-refractivity contribution in [2.45, 2.75) is 64.6 Å². The second kappa shape index (κ2) is 11.4. The molecule has 3 aromatic rings. The minimum atomic E-state index is -0.737. The Morgan fingerprint density at radius 1 is 1.05 bits per heavy atom. The van der Waals surface area contributed by atoms with Gasteiger partial charge >= 0.3 is 0 Å². The van der Waals surface area contributed by atoms with Gasteiger partial charge < -0.3 is 15.0 Å². The Bertz CT molecular complexity index is 1320. The lowest BCUT2D eigenvalue weighted by Crippen LogP contribution is -2.43. The topological polar surface area (TPSA) is 58.6 Å². The van der Waals surface area contributed by atoms with Crippen LogP contribution in [-0.4, -0.2) is 29.4 Å². The Balaban J connectivity index is 1.37. The van der Waals surface area contributed by atoms with Gasteiger partial charge in [0, 0.05) is 19.0 Å². The van der Waals surface area contributed by atoms with Crippen LogP contribution in [0.4, 0.5) is 4.39 Å². The first-order valence-electron chi connectivity index (χ1n) is 13.6. The maximum absolute atomic E-state index is 13.7. The molecule has 0 spiro atoms. The van der Waals surface area contributed by atoms with Gasteiger partial charge in [0.05, 0.1) is 6.04 Å². The zero-order valence-electron chi connectivity index (χ0n) is 22.1. The predicted molar refractivity (Wildman–Crippen MR) is 145 cm³/mol. The van der Waals surface area contributed by atoms with Crippen LogP contribution >= 0.6 is 0 Å². The highest BCUT2D eigenvalue weighted by molar-refractivity contribution is 5.81. The summed E-state index contributed by atoms with van der Waals surface area (Å²) in [6, 6.07) is 20.3. The Hall–Kier alpha value is -3.67. The van der Waals surface area contributed by atoms with Crippen LogP contribution in [-0.2, 0) is 22.6 Å². The van der Waals surface area contributed by atoms with Gasteiger partial charge in [-0.2, -0.15) is 0 Å². The maximum Gasteiger partial charge on any atom is 0.261 e. The summed E-state index contributed by atoms with van der Waals surface area (Å²) in [7, 11) is 0. The first-order chi connectivity index (χ1) is 18.4. The molecule has 2 amide bonds. The fourth-order valence-electron chi connectivity index (χ4n) is 5.75. The number of benzene rings is 3. The molecule has 6 heteroatoms. The SMILES string of the molecule is Cc1cccc([C@H]2c3cc(O[C@@H](C)C(=O)NCc4cccc(F)c4)ccc3CCN2C(=O)C2CCCC2)c1. The normalized spacial score (nSPS) is 18.1. The van der Waals surface area contributed by atoms with Gasteiger partial charge in [0.25, 0.3) is 5.91 Å². The van der Waals surface area contributed by atoms with Crippen LogP contribution in [0.2, 0.25) is 0 Å². The average molecular weight is 515 g/mol. The number of carbonyl (C=O) groups is 2. The van der Waals surface area contributed by atoms with Crippen molar-refractivity contribution in [3.05, 3.63) is 100 Å². The molecule has 1 fully saturated rings. The van der Waals surface area contributed by atoms with E-state index in [1.165, 1.54) is 17.7 Å². The smallest absolute Gasteiger partial charge is 0.261 e. The van der Waals surface area contributed by atoms with Crippen molar-refractivity contribution in [1.82, 2.24) is 10.2 Å². The van der Waals surface area contributed by atoms with Gasteiger partial charge in [-0.1, -0.05) is 60.9 Å². The molecule has 0 saturated heterocycles. The summed E-state index contributed by atoms with van der Waals surface area (Å²) in [6.45, 7) is 4.69. The number of amides is 2. The summed E-state index contributed by atoms with van der Waals surface area (Å²) >= 11 is 0. The van der Waals surface area contributed by atoms with E-state index in [2.05, 4.69) is 41.4 Å². The molecule has 5 rings (SSSR count). The quantitative estimate of drug-likeness (QED) is 0.428. The average Bonchev–Trinajstić information content (AvgIpc) is 3.46. The molecule has 1 saturated carbocycles. The van der Waals surface area contributed by atoms with E-state index in [0.717, 1.165) is 48.8 Å². The van der Waals surface area contributed by atoms with Gasteiger partial charge in [-0.05, 0) is 79.6 Å². The number of ether oxygens (including phenoxy) is 1. The summed E-state index contributed by atoms with van der Waals surface area (Å²) in [5.41, 5.74) is 5.18. The van der Waals surface area contributed by atoms with Crippen molar-refractivity contribution in [3.8, 4) is 5.75 Å². The third-order valence-corrected chi connectivity index (χ3v) is 7.73. The molecule has 198 valence electrons. The highest BCUT2D eigenvalue weighted by Crippen LogP contribution is 2.40. The Morgan fingerprint density at radius 3 is 2.61 bits per heavy atom. The number of aryl methyl sites for hydroxylation is 1. The summed E-state index contributed by atoms with van der Waals surface area (Å²) in [4.78, 5) is 28.4. The molecule has 0 radical (unpaired) electrons. The highest BCUT2D eigenvalue weighted by Gasteiger charge is 2.36. The van der Waals surface area contributed by atoms with Gasteiger partial charge in [-0.3, -0.25) is 9.59 Å². The van der Waals surface area contributed by atoms with Gasteiger partial charge in [0.2, 0.25) is 5.91 Å². The molecule has 38 heavy (non-hydrogen) atoms. The van der Waals surface area contributed by atoms with Crippen molar-refractivity contribution in [2.24, 2.45) is 5.92 Å². The van der Waals surface area contributed by atoms with Crippen LogP contribution in [0.1, 0.15) is 66.5 Å². The van der Waals surface area contributed by atoms with Crippen LogP contribution in [0, 0.1) is 18.7 Å². The number of rotatable bonds is 7. The van der Waals surface area contributed by atoms with E-state index in [-0.39, 0.29) is 36.1 Å². The molecular formula is C32H35FN2O3. The molecule has 2 atom stereocenters. The van der Waals surface area contributed by atoms with E-state index in [1.54, 1.807) is 19.1 Å². The van der Waals surface area contributed by atoms with Crippen LogP contribution in [0.5, 0.6) is 5.75 Å². The molecule has 1 N–H and O–H groups in total. The van der Waals surface area contributed by atoms with Crippen LogP contribution in [0.3, 0.4) is 0 Å². The van der Waals surface area contributed by atoms with Crippen molar-refractivity contribution < 1.29 is 18.7 Å². The number of halogens is 1. The molecular weight excluding hydrogens is 479 g/mol. The largest absolute Gasteiger partial charge is 0.481 e. The maximum atomic E-state index is 13.7.